The van der Waals surface area contributed by atoms with Crippen molar-refractivity contribution in [2.24, 2.45) is 11.7 Å². The molecule has 2 aliphatic carbocycles. The monoisotopic (exact) mass is 288 g/mol. The second-order valence-electron chi connectivity index (χ2n) is 6.03. The van der Waals surface area contributed by atoms with Crippen molar-refractivity contribution in [2.75, 3.05) is 6.54 Å². The zero-order valence-corrected chi connectivity index (χ0v) is 13.0. The van der Waals surface area contributed by atoms with E-state index in [1.165, 1.54) is 38.5 Å². The van der Waals surface area contributed by atoms with Crippen LogP contribution in [0.5, 0.6) is 0 Å². The number of amides is 1. The zero-order chi connectivity index (χ0) is 13.0. The quantitative estimate of drug-likeness (QED) is 0.864. The van der Waals surface area contributed by atoms with Gasteiger partial charge in [-0.25, -0.2) is 0 Å². The molecule has 0 radical (unpaired) electrons. The molecular weight excluding hydrogens is 260 g/mol. The molecule has 0 aromatic carbocycles. The summed E-state index contributed by atoms with van der Waals surface area (Å²) in [6.45, 7) is 2.97. The van der Waals surface area contributed by atoms with Gasteiger partial charge in [-0.15, -0.1) is 12.4 Å². The van der Waals surface area contributed by atoms with Crippen molar-refractivity contribution in [3.05, 3.63) is 0 Å². The Kier molecular flexibility index (Phi) is 7.16. The maximum Gasteiger partial charge on any atom is 0.223 e. The van der Waals surface area contributed by atoms with Gasteiger partial charge in [-0.3, -0.25) is 4.79 Å². The normalized spacial score (nSPS) is 27.9. The molecule has 0 bridgehead atoms. The maximum absolute atomic E-state index is 12.4. The molecule has 2 aliphatic rings. The van der Waals surface area contributed by atoms with Crippen molar-refractivity contribution in [3.63, 3.8) is 0 Å². The van der Waals surface area contributed by atoms with E-state index in [9.17, 15) is 4.79 Å². The van der Waals surface area contributed by atoms with Gasteiger partial charge in [0.15, 0.2) is 0 Å². The summed E-state index contributed by atoms with van der Waals surface area (Å²) in [5, 5.41) is 0. The van der Waals surface area contributed by atoms with Crippen LogP contribution in [-0.4, -0.2) is 29.4 Å². The number of carbonyl (C=O) groups excluding carboxylic acids is 1. The van der Waals surface area contributed by atoms with Gasteiger partial charge in [0.05, 0.1) is 0 Å². The minimum atomic E-state index is 0. The van der Waals surface area contributed by atoms with E-state index >= 15 is 0 Å². The Labute approximate surface area is 123 Å². The van der Waals surface area contributed by atoms with E-state index in [0.717, 1.165) is 19.4 Å². The van der Waals surface area contributed by atoms with Crippen molar-refractivity contribution >= 4 is 18.3 Å². The highest BCUT2D eigenvalue weighted by Crippen LogP contribution is 2.28. The van der Waals surface area contributed by atoms with Gasteiger partial charge in [-0.2, -0.15) is 0 Å². The zero-order valence-electron chi connectivity index (χ0n) is 12.1. The fraction of sp³-hybridized carbons (Fsp3) is 0.933. The first-order chi connectivity index (χ1) is 8.72. The molecule has 1 amide bonds. The summed E-state index contributed by atoms with van der Waals surface area (Å²) in [5.41, 5.74) is 6.15. The Morgan fingerprint density at radius 3 is 2.26 bits per heavy atom. The molecule has 112 valence electrons. The third kappa shape index (κ3) is 4.35. The topological polar surface area (TPSA) is 46.3 Å². The van der Waals surface area contributed by atoms with Crippen molar-refractivity contribution < 1.29 is 4.79 Å². The molecule has 2 atom stereocenters. The fourth-order valence-electron chi connectivity index (χ4n) is 3.69. The lowest BCUT2D eigenvalue weighted by molar-refractivity contribution is -0.134. The predicted molar refractivity (Wildman–Crippen MR) is 81.4 cm³/mol. The second kappa shape index (κ2) is 8.11. The first-order valence-corrected chi connectivity index (χ1v) is 7.77. The Hall–Kier alpha value is -0.280. The number of nitrogens with two attached hydrogens (primary N) is 1. The largest absolute Gasteiger partial charge is 0.340 e. The van der Waals surface area contributed by atoms with Gasteiger partial charge in [-0.05, 0) is 38.5 Å². The SMILES string of the molecule is CCN(C(=O)CC1CCCCC1N)C1CCCC1.Cl. The highest BCUT2D eigenvalue weighted by molar-refractivity contribution is 5.85. The number of hydrogen-bond donors (Lipinski definition) is 1. The molecule has 2 N–H and O–H groups in total. The molecule has 2 saturated carbocycles. The van der Waals surface area contributed by atoms with Gasteiger partial charge in [0.2, 0.25) is 5.91 Å². The minimum Gasteiger partial charge on any atom is -0.340 e. The second-order valence-corrected chi connectivity index (χ2v) is 6.03. The van der Waals surface area contributed by atoms with E-state index in [1.807, 2.05) is 0 Å². The lowest BCUT2D eigenvalue weighted by atomic mass is 9.82. The van der Waals surface area contributed by atoms with E-state index in [2.05, 4.69) is 11.8 Å². The standard InChI is InChI=1S/C15H28N2O.ClH/c1-2-17(13-8-4-5-9-13)15(18)11-12-7-3-6-10-14(12)16;/h12-14H,2-11,16H2,1H3;1H. The third-order valence-electron chi connectivity index (χ3n) is 4.83. The van der Waals surface area contributed by atoms with Crippen LogP contribution in [0.4, 0.5) is 0 Å². The van der Waals surface area contributed by atoms with Crippen molar-refractivity contribution in [1.82, 2.24) is 4.90 Å². The molecule has 0 spiro atoms. The maximum atomic E-state index is 12.4. The van der Waals surface area contributed by atoms with Crippen LogP contribution in [0.1, 0.15) is 64.7 Å². The van der Waals surface area contributed by atoms with E-state index in [1.54, 1.807) is 0 Å². The molecule has 3 nitrogen and oxygen atoms in total. The van der Waals surface area contributed by atoms with Gasteiger partial charge in [0.25, 0.3) is 0 Å². The van der Waals surface area contributed by atoms with Gasteiger partial charge in [0.1, 0.15) is 0 Å². The Balaban J connectivity index is 0.00000180. The number of halogens is 1. The molecule has 2 rings (SSSR count). The van der Waals surface area contributed by atoms with E-state index in [4.69, 9.17) is 5.73 Å². The molecule has 19 heavy (non-hydrogen) atoms. The molecule has 4 heteroatoms. The third-order valence-corrected chi connectivity index (χ3v) is 4.83. The molecule has 0 saturated heterocycles. The molecule has 0 aromatic rings. The molecule has 0 aromatic heterocycles. The summed E-state index contributed by atoms with van der Waals surface area (Å²) >= 11 is 0. The highest BCUT2D eigenvalue weighted by atomic mass is 35.5. The summed E-state index contributed by atoms with van der Waals surface area (Å²) < 4.78 is 0. The van der Waals surface area contributed by atoms with Gasteiger partial charge in [-0.1, -0.05) is 25.7 Å². The average Bonchev–Trinajstić information content (AvgIpc) is 2.87. The molecule has 0 aliphatic heterocycles. The minimum absolute atomic E-state index is 0. The predicted octanol–water partition coefficient (Wildman–Crippen LogP) is 3.11. The van der Waals surface area contributed by atoms with Gasteiger partial charge in [0, 0.05) is 25.0 Å². The summed E-state index contributed by atoms with van der Waals surface area (Å²) in [6, 6.07) is 0.771. The van der Waals surface area contributed by atoms with Gasteiger partial charge < -0.3 is 10.6 Å². The summed E-state index contributed by atoms with van der Waals surface area (Å²) in [6.07, 6.45) is 10.4. The molecule has 0 heterocycles. The van der Waals surface area contributed by atoms with Crippen LogP contribution in [0.2, 0.25) is 0 Å². The van der Waals surface area contributed by atoms with E-state index in [-0.39, 0.29) is 18.4 Å². The smallest absolute Gasteiger partial charge is 0.223 e. The van der Waals surface area contributed by atoms with Crippen LogP contribution in [0.3, 0.4) is 0 Å². The van der Waals surface area contributed by atoms with Crippen LogP contribution in [0.15, 0.2) is 0 Å². The Morgan fingerprint density at radius 1 is 1.11 bits per heavy atom. The summed E-state index contributed by atoms with van der Waals surface area (Å²) in [5.74, 6) is 0.786. The van der Waals surface area contributed by atoms with Crippen molar-refractivity contribution in [2.45, 2.75) is 76.8 Å². The Morgan fingerprint density at radius 2 is 1.68 bits per heavy atom. The van der Waals surface area contributed by atoms with Crippen LogP contribution < -0.4 is 5.73 Å². The van der Waals surface area contributed by atoms with E-state index in [0.29, 0.717) is 24.3 Å². The molecule has 2 unspecified atom stereocenters. The van der Waals surface area contributed by atoms with Crippen LogP contribution >= 0.6 is 12.4 Å². The lowest BCUT2D eigenvalue weighted by Crippen LogP contribution is -2.42. The number of rotatable bonds is 4. The number of carbonyl (C=O) groups is 1. The van der Waals surface area contributed by atoms with E-state index < -0.39 is 0 Å². The molecular formula is C15H29ClN2O. The first-order valence-electron chi connectivity index (χ1n) is 7.77. The summed E-state index contributed by atoms with van der Waals surface area (Å²) in [4.78, 5) is 14.6. The van der Waals surface area contributed by atoms with Crippen LogP contribution in [0.25, 0.3) is 0 Å². The van der Waals surface area contributed by atoms with Crippen molar-refractivity contribution in [3.8, 4) is 0 Å². The van der Waals surface area contributed by atoms with Crippen LogP contribution in [0, 0.1) is 5.92 Å². The average molecular weight is 289 g/mol. The molecule has 2 fully saturated rings. The highest BCUT2D eigenvalue weighted by Gasteiger charge is 2.29. The Bertz CT molecular complexity index is 279. The lowest BCUT2D eigenvalue weighted by Gasteiger charge is -2.33. The number of nitrogens with zero attached hydrogens (tertiary/aromatic N) is 1. The first kappa shape index (κ1) is 16.8. The van der Waals surface area contributed by atoms with Crippen molar-refractivity contribution in [1.29, 1.82) is 0 Å². The fourth-order valence-corrected chi connectivity index (χ4v) is 3.69. The number of hydrogen-bond acceptors (Lipinski definition) is 2. The van der Waals surface area contributed by atoms with Gasteiger partial charge >= 0.3 is 0 Å². The summed E-state index contributed by atoms with van der Waals surface area (Å²) in [7, 11) is 0. The van der Waals surface area contributed by atoms with Crippen LogP contribution in [-0.2, 0) is 4.79 Å².